The Bertz CT molecular complexity index is 1130. The molecule has 3 aliphatic rings. The number of hydrogen-bond donors (Lipinski definition) is 1. The molecule has 0 unspecified atom stereocenters. The minimum Gasteiger partial charge on any atom is -0.385 e. The second kappa shape index (κ2) is 7.81. The number of fused-ring (bicyclic) bond motifs is 2. The molecule has 1 saturated heterocycles. The summed E-state index contributed by atoms with van der Waals surface area (Å²) in [4.78, 5) is 16.8. The van der Waals surface area contributed by atoms with Crippen molar-refractivity contribution in [3.8, 4) is 0 Å². The van der Waals surface area contributed by atoms with Gasteiger partial charge >= 0.3 is 6.18 Å². The second-order valence-electron chi connectivity index (χ2n) is 10.0. The summed E-state index contributed by atoms with van der Waals surface area (Å²) in [5, 5.41) is 10.7. The smallest absolute Gasteiger partial charge is 0.385 e. The minimum absolute atomic E-state index is 0.0764. The molecule has 34 heavy (non-hydrogen) atoms. The topological polar surface area (TPSA) is 48.7 Å². The Labute approximate surface area is 196 Å². The summed E-state index contributed by atoms with van der Waals surface area (Å²) in [6.45, 7) is 2.98. The molecule has 0 bridgehead atoms. The summed E-state index contributed by atoms with van der Waals surface area (Å²) in [7, 11) is 1.81. The Morgan fingerprint density at radius 1 is 1.03 bits per heavy atom. The van der Waals surface area contributed by atoms with E-state index >= 15 is 0 Å². The zero-order valence-corrected chi connectivity index (χ0v) is 19.4. The molecule has 2 aliphatic heterocycles. The first-order valence-corrected chi connectivity index (χ1v) is 11.8. The molecule has 0 radical (unpaired) electrons. The van der Waals surface area contributed by atoms with Crippen LogP contribution in [0.2, 0.25) is 0 Å². The fraction of sp³-hybridized carbons (Fsp3) is 0.560. The van der Waals surface area contributed by atoms with Gasteiger partial charge in [-0.15, -0.1) is 0 Å². The maximum atomic E-state index is 14.9. The first-order chi connectivity index (χ1) is 16.0. The molecular weight excluding hydrogens is 450 g/mol. The van der Waals surface area contributed by atoms with E-state index in [-0.39, 0.29) is 18.1 Å². The number of carbonyl (C=O) groups excluding carboxylic acids is 1. The number of alkyl halides is 3. The van der Waals surface area contributed by atoms with E-state index in [0.717, 1.165) is 35.0 Å². The highest BCUT2D eigenvalue weighted by atomic mass is 19.4. The van der Waals surface area contributed by atoms with Gasteiger partial charge in [0, 0.05) is 37.8 Å². The molecule has 1 amide bonds. The third-order valence-corrected chi connectivity index (χ3v) is 8.20. The van der Waals surface area contributed by atoms with Crippen molar-refractivity contribution in [1.29, 1.82) is 0 Å². The summed E-state index contributed by atoms with van der Waals surface area (Å²) >= 11 is 0. The molecule has 184 valence electrons. The number of aromatic nitrogens is 1. The van der Waals surface area contributed by atoms with Crippen LogP contribution in [-0.4, -0.2) is 52.1 Å². The Hall–Kier alpha value is -2.39. The van der Waals surface area contributed by atoms with E-state index in [1.54, 1.807) is 17.0 Å². The van der Waals surface area contributed by atoms with Crippen LogP contribution in [0.5, 0.6) is 0 Å². The van der Waals surface area contributed by atoms with E-state index in [4.69, 9.17) is 0 Å². The van der Waals surface area contributed by atoms with Crippen LogP contribution in [0.25, 0.3) is 0 Å². The van der Waals surface area contributed by atoms with Gasteiger partial charge in [0.25, 0.3) is 5.91 Å². The molecule has 9 heteroatoms. The molecule has 3 heterocycles. The van der Waals surface area contributed by atoms with E-state index in [0.29, 0.717) is 44.1 Å². The normalized spacial score (nSPS) is 21.9. The van der Waals surface area contributed by atoms with Gasteiger partial charge in [0.2, 0.25) is 0 Å². The van der Waals surface area contributed by atoms with Crippen molar-refractivity contribution in [3.05, 3.63) is 58.2 Å². The minimum atomic E-state index is -4.62. The van der Waals surface area contributed by atoms with Gasteiger partial charge in [0.15, 0.2) is 0 Å². The summed E-state index contributed by atoms with van der Waals surface area (Å²) in [5.74, 6) is -0.991. The fourth-order valence-electron chi connectivity index (χ4n) is 6.08. The highest BCUT2D eigenvalue weighted by Crippen LogP contribution is 2.46. The van der Waals surface area contributed by atoms with Gasteiger partial charge in [0.1, 0.15) is 11.5 Å². The molecule has 1 aromatic carbocycles. The van der Waals surface area contributed by atoms with Crippen LogP contribution in [0.1, 0.15) is 65.0 Å². The second-order valence-corrected chi connectivity index (χ2v) is 10.0. The number of amides is 1. The number of aliphatic hydroxyl groups is 1. The number of aryl methyl sites for hydroxylation is 1. The Balaban J connectivity index is 1.38. The average molecular weight is 480 g/mol. The quantitative estimate of drug-likeness (QED) is 0.650. The van der Waals surface area contributed by atoms with Crippen molar-refractivity contribution < 1.29 is 27.5 Å². The van der Waals surface area contributed by atoms with Gasteiger partial charge in [-0.3, -0.25) is 9.69 Å². The number of piperidine rings is 1. The predicted octanol–water partition coefficient (Wildman–Crippen LogP) is 4.40. The molecule has 1 N–H and O–H groups in total. The Morgan fingerprint density at radius 2 is 1.71 bits per heavy atom. The largest absolute Gasteiger partial charge is 0.431 e. The SMILES string of the molecule is Cc1cc(C(=O)N2CCC3(CC2)c2c(F)cc(C(F)(F)F)n2CCN3C)ccc1C1(O)CCC1. The Morgan fingerprint density at radius 3 is 2.26 bits per heavy atom. The highest BCUT2D eigenvalue weighted by molar-refractivity contribution is 5.94. The maximum Gasteiger partial charge on any atom is 0.431 e. The van der Waals surface area contributed by atoms with Crippen molar-refractivity contribution in [2.24, 2.45) is 0 Å². The molecule has 0 atom stereocenters. The standard InChI is InChI=1S/C25H29F4N3O2/c1-16-14-17(4-5-18(16)24(34)6-3-7-24)22(33)31-10-8-23(9-11-31)21-19(26)15-20(25(27,28)29)32(21)13-12-30(23)2/h4-5,14-15,34H,3,6-13H2,1-2H3. The van der Waals surface area contributed by atoms with Crippen LogP contribution >= 0.6 is 0 Å². The zero-order valence-electron chi connectivity index (χ0n) is 19.4. The molecule has 1 aliphatic carbocycles. The number of likely N-dealkylation sites (N-methyl/N-ethyl adjacent to an activating group) is 1. The van der Waals surface area contributed by atoms with Crippen molar-refractivity contribution >= 4 is 5.91 Å². The van der Waals surface area contributed by atoms with Gasteiger partial charge in [0.05, 0.1) is 16.8 Å². The number of halogens is 4. The van der Waals surface area contributed by atoms with Gasteiger partial charge < -0.3 is 14.6 Å². The monoisotopic (exact) mass is 479 g/mol. The molecule has 1 spiro atoms. The van der Waals surface area contributed by atoms with Crippen LogP contribution in [0.15, 0.2) is 24.3 Å². The number of likely N-dealkylation sites (tertiary alicyclic amines) is 1. The predicted molar refractivity (Wildman–Crippen MR) is 118 cm³/mol. The number of hydrogen-bond acceptors (Lipinski definition) is 3. The van der Waals surface area contributed by atoms with Crippen molar-refractivity contribution in [3.63, 3.8) is 0 Å². The molecule has 2 fully saturated rings. The van der Waals surface area contributed by atoms with E-state index < -0.39 is 28.8 Å². The number of rotatable bonds is 2. The van der Waals surface area contributed by atoms with Crippen molar-refractivity contribution in [2.75, 3.05) is 26.7 Å². The molecule has 5 rings (SSSR count). The third kappa shape index (κ3) is 3.47. The lowest BCUT2D eigenvalue weighted by Gasteiger charge is -2.50. The summed E-state index contributed by atoms with van der Waals surface area (Å²) in [6.07, 6.45) is -1.50. The van der Waals surface area contributed by atoms with Gasteiger partial charge in [-0.25, -0.2) is 4.39 Å². The molecular formula is C25H29F4N3O2. The maximum absolute atomic E-state index is 14.9. The number of carbonyl (C=O) groups is 1. The van der Waals surface area contributed by atoms with Crippen LogP contribution in [0.3, 0.4) is 0 Å². The molecule has 2 aromatic rings. The van der Waals surface area contributed by atoms with Crippen LogP contribution in [0.4, 0.5) is 17.6 Å². The zero-order chi connectivity index (χ0) is 24.5. The lowest BCUT2D eigenvalue weighted by atomic mass is 9.73. The van der Waals surface area contributed by atoms with Gasteiger partial charge in [-0.05, 0) is 69.3 Å². The van der Waals surface area contributed by atoms with E-state index in [1.807, 2.05) is 24.9 Å². The molecule has 5 nitrogen and oxygen atoms in total. The van der Waals surface area contributed by atoms with Gasteiger partial charge in [-0.2, -0.15) is 13.2 Å². The average Bonchev–Trinajstić information content (AvgIpc) is 3.12. The van der Waals surface area contributed by atoms with E-state index in [9.17, 15) is 27.5 Å². The summed E-state index contributed by atoms with van der Waals surface area (Å²) in [5.41, 5.74) is -0.310. The first-order valence-electron chi connectivity index (χ1n) is 11.8. The molecule has 1 aromatic heterocycles. The summed E-state index contributed by atoms with van der Waals surface area (Å²) < 4.78 is 56.5. The van der Waals surface area contributed by atoms with Crippen LogP contribution in [-0.2, 0) is 23.9 Å². The number of nitrogens with zero attached hydrogens (tertiary/aromatic N) is 3. The van der Waals surface area contributed by atoms with Gasteiger partial charge in [-0.1, -0.05) is 6.07 Å². The lowest BCUT2D eigenvalue weighted by Crippen LogP contribution is -2.57. The Kier molecular flexibility index (Phi) is 5.37. The van der Waals surface area contributed by atoms with Crippen molar-refractivity contribution in [2.45, 2.75) is 62.9 Å². The third-order valence-electron chi connectivity index (χ3n) is 8.20. The fourth-order valence-corrected chi connectivity index (χ4v) is 6.08. The first kappa shape index (κ1) is 23.4. The summed E-state index contributed by atoms with van der Waals surface area (Å²) in [6, 6.07) is 5.96. The van der Waals surface area contributed by atoms with E-state index in [1.165, 1.54) is 0 Å². The van der Waals surface area contributed by atoms with Crippen LogP contribution in [0, 0.1) is 12.7 Å². The van der Waals surface area contributed by atoms with E-state index in [2.05, 4.69) is 0 Å². The van der Waals surface area contributed by atoms with Crippen LogP contribution < -0.4 is 0 Å². The molecule has 1 saturated carbocycles. The number of benzene rings is 1. The lowest BCUT2D eigenvalue weighted by molar-refractivity contribution is -0.144. The van der Waals surface area contributed by atoms with Crippen molar-refractivity contribution in [1.82, 2.24) is 14.4 Å². The highest BCUT2D eigenvalue weighted by Gasteiger charge is 2.49.